The molecule has 1 rings (SSSR count). The molecule has 0 saturated heterocycles. The topological polar surface area (TPSA) is 21.3 Å². The van der Waals surface area contributed by atoms with E-state index in [1.807, 2.05) is 6.07 Å². The third kappa shape index (κ3) is 3.53. The van der Waals surface area contributed by atoms with Crippen molar-refractivity contribution in [1.82, 2.24) is 5.32 Å². The molecule has 0 spiro atoms. The number of nitrogens with one attached hydrogen (secondary N) is 1. The molecule has 0 heterocycles. The normalized spacial score (nSPS) is 14.5. The van der Waals surface area contributed by atoms with Crippen LogP contribution in [0.15, 0.2) is 24.3 Å². The monoisotopic (exact) mass is 221 g/mol. The van der Waals surface area contributed by atoms with E-state index in [4.69, 9.17) is 4.74 Å². The van der Waals surface area contributed by atoms with Crippen LogP contribution in [0.3, 0.4) is 0 Å². The Kier molecular flexibility index (Phi) is 5.33. The van der Waals surface area contributed by atoms with E-state index in [-0.39, 0.29) is 0 Å². The molecule has 0 amide bonds. The highest BCUT2D eigenvalue weighted by molar-refractivity contribution is 5.30. The standard InChI is InChI=1S/C14H23NO/c1-5-15-10-11(2)12(3)13-7-6-8-14(9-13)16-4/h6-9,11-12,15H,5,10H2,1-4H3. The zero-order chi connectivity index (χ0) is 12.0. The van der Waals surface area contributed by atoms with E-state index in [2.05, 4.69) is 44.3 Å². The summed E-state index contributed by atoms with van der Waals surface area (Å²) in [6.07, 6.45) is 0. The Bertz CT molecular complexity index is 311. The summed E-state index contributed by atoms with van der Waals surface area (Å²) >= 11 is 0. The quantitative estimate of drug-likeness (QED) is 0.797. The average molecular weight is 221 g/mol. The van der Waals surface area contributed by atoms with E-state index in [9.17, 15) is 0 Å². The van der Waals surface area contributed by atoms with Gasteiger partial charge in [-0.3, -0.25) is 0 Å². The van der Waals surface area contributed by atoms with Gasteiger partial charge in [-0.1, -0.05) is 32.9 Å². The number of methoxy groups -OCH3 is 1. The molecule has 0 fully saturated rings. The summed E-state index contributed by atoms with van der Waals surface area (Å²) in [5.74, 6) is 2.13. The van der Waals surface area contributed by atoms with Crippen LogP contribution < -0.4 is 10.1 Å². The van der Waals surface area contributed by atoms with Gasteiger partial charge in [0.15, 0.2) is 0 Å². The summed E-state index contributed by atoms with van der Waals surface area (Å²) in [6, 6.07) is 8.36. The Labute approximate surface area is 99.0 Å². The number of ether oxygens (including phenoxy) is 1. The van der Waals surface area contributed by atoms with Gasteiger partial charge in [0.1, 0.15) is 5.75 Å². The van der Waals surface area contributed by atoms with Gasteiger partial charge in [-0.15, -0.1) is 0 Å². The van der Waals surface area contributed by atoms with Gasteiger partial charge >= 0.3 is 0 Å². The van der Waals surface area contributed by atoms with E-state index in [1.165, 1.54) is 5.56 Å². The smallest absolute Gasteiger partial charge is 0.119 e. The van der Waals surface area contributed by atoms with Crippen molar-refractivity contribution >= 4 is 0 Å². The maximum absolute atomic E-state index is 5.25. The second-order valence-electron chi connectivity index (χ2n) is 4.35. The Morgan fingerprint density at radius 2 is 2.06 bits per heavy atom. The number of hydrogen-bond donors (Lipinski definition) is 1. The van der Waals surface area contributed by atoms with Crippen LogP contribution in [0, 0.1) is 5.92 Å². The molecule has 2 nitrogen and oxygen atoms in total. The summed E-state index contributed by atoms with van der Waals surface area (Å²) in [4.78, 5) is 0. The second kappa shape index (κ2) is 6.54. The molecular formula is C14H23NO. The molecule has 0 bridgehead atoms. The van der Waals surface area contributed by atoms with Crippen LogP contribution in [0.4, 0.5) is 0 Å². The Balaban J connectivity index is 2.67. The lowest BCUT2D eigenvalue weighted by Gasteiger charge is -2.21. The van der Waals surface area contributed by atoms with Crippen LogP contribution in [0.1, 0.15) is 32.3 Å². The van der Waals surface area contributed by atoms with Crippen molar-refractivity contribution in [3.05, 3.63) is 29.8 Å². The Morgan fingerprint density at radius 1 is 1.31 bits per heavy atom. The predicted octanol–water partition coefficient (Wildman–Crippen LogP) is 3.04. The first-order valence-electron chi connectivity index (χ1n) is 6.03. The van der Waals surface area contributed by atoms with Crippen molar-refractivity contribution in [2.45, 2.75) is 26.7 Å². The van der Waals surface area contributed by atoms with Crippen molar-refractivity contribution in [3.63, 3.8) is 0 Å². The Hall–Kier alpha value is -1.02. The third-order valence-corrected chi connectivity index (χ3v) is 3.19. The first-order valence-corrected chi connectivity index (χ1v) is 6.03. The van der Waals surface area contributed by atoms with E-state index in [1.54, 1.807) is 7.11 Å². The van der Waals surface area contributed by atoms with Crippen LogP contribution in [0.2, 0.25) is 0 Å². The molecule has 1 aromatic carbocycles. The van der Waals surface area contributed by atoms with E-state index < -0.39 is 0 Å². The molecular weight excluding hydrogens is 198 g/mol. The fourth-order valence-electron chi connectivity index (χ4n) is 1.80. The highest BCUT2D eigenvalue weighted by Gasteiger charge is 2.14. The van der Waals surface area contributed by atoms with Gasteiger partial charge in [0.05, 0.1) is 7.11 Å². The molecule has 1 aromatic rings. The lowest BCUT2D eigenvalue weighted by molar-refractivity contribution is 0.411. The first-order chi connectivity index (χ1) is 7.69. The minimum atomic E-state index is 0.550. The molecule has 2 heteroatoms. The molecule has 2 unspecified atom stereocenters. The van der Waals surface area contributed by atoms with Crippen LogP contribution in [0.25, 0.3) is 0 Å². The lowest BCUT2D eigenvalue weighted by Crippen LogP contribution is -2.24. The van der Waals surface area contributed by atoms with Gasteiger partial charge in [0.25, 0.3) is 0 Å². The van der Waals surface area contributed by atoms with Crippen LogP contribution in [-0.2, 0) is 0 Å². The van der Waals surface area contributed by atoms with Gasteiger partial charge in [-0.2, -0.15) is 0 Å². The van der Waals surface area contributed by atoms with Crippen molar-refractivity contribution in [2.24, 2.45) is 5.92 Å². The number of benzene rings is 1. The molecule has 16 heavy (non-hydrogen) atoms. The average Bonchev–Trinajstić information content (AvgIpc) is 2.35. The summed E-state index contributed by atoms with van der Waals surface area (Å²) in [6.45, 7) is 8.80. The molecule has 2 atom stereocenters. The van der Waals surface area contributed by atoms with Gasteiger partial charge in [0.2, 0.25) is 0 Å². The molecule has 0 aliphatic carbocycles. The van der Waals surface area contributed by atoms with E-state index in [0.29, 0.717) is 11.8 Å². The van der Waals surface area contributed by atoms with Crippen LogP contribution >= 0.6 is 0 Å². The number of hydrogen-bond acceptors (Lipinski definition) is 2. The minimum Gasteiger partial charge on any atom is -0.497 e. The van der Waals surface area contributed by atoms with Crippen molar-refractivity contribution in [2.75, 3.05) is 20.2 Å². The fraction of sp³-hybridized carbons (Fsp3) is 0.571. The largest absolute Gasteiger partial charge is 0.497 e. The third-order valence-electron chi connectivity index (χ3n) is 3.19. The van der Waals surface area contributed by atoms with Crippen molar-refractivity contribution in [1.29, 1.82) is 0 Å². The van der Waals surface area contributed by atoms with E-state index in [0.717, 1.165) is 18.8 Å². The lowest BCUT2D eigenvalue weighted by atomic mass is 9.89. The Morgan fingerprint density at radius 3 is 2.69 bits per heavy atom. The maximum atomic E-state index is 5.25. The van der Waals surface area contributed by atoms with Crippen LogP contribution in [0.5, 0.6) is 5.75 Å². The summed E-state index contributed by atoms with van der Waals surface area (Å²) in [5, 5.41) is 3.40. The highest BCUT2D eigenvalue weighted by Crippen LogP contribution is 2.26. The van der Waals surface area contributed by atoms with E-state index >= 15 is 0 Å². The minimum absolute atomic E-state index is 0.550. The predicted molar refractivity (Wildman–Crippen MR) is 69.1 cm³/mol. The molecule has 0 aliphatic heterocycles. The van der Waals surface area contributed by atoms with Gasteiger partial charge < -0.3 is 10.1 Å². The first kappa shape index (κ1) is 13.0. The SMILES string of the molecule is CCNCC(C)C(C)c1cccc(OC)c1. The van der Waals surface area contributed by atoms with Gasteiger partial charge in [-0.05, 0) is 42.6 Å². The summed E-state index contributed by atoms with van der Waals surface area (Å²) in [5.41, 5.74) is 1.35. The molecule has 0 aliphatic rings. The summed E-state index contributed by atoms with van der Waals surface area (Å²) < 4.78 is 5.25. The highest BCUT2D eigenvalue weighted by atomic mass is 16.5. The van der Waals surface area contributed by atoms with Crippen molar-refractivity contribution in [3.8, 4) is 5.75 Å². The van der Waals surface area contributed by atoms with Gasteiger partial charge in [-0.25, -0.2) is 0 Å². The van der Waals surface area contributed by atoms with Crippen LogP contribution in [-0.4, -0.2) is 20.2 Å². The molecule has 0 saturated carbocycles. The molecule has 1 N–H and O–H groups in total. The second-order valence-corrected chi connectivity index (χ2v) is 4.35. The number of rotatable bonds is 6. The molecule has 90 valence electrons. The van der Waals surface area contributed by atoms with Gasteiger partial charge in [0, 0.05) is 0 Å². The maximum Gasteiger partial charge on any atom is 0.119 e. The van der Waals surface area contributed by atoms with Crippen molar-refractivity contribution < 1.29 is 4.74 Å². The molecule has 0 aromatic heterocycles. The summed E-state index contributed by atoms with van der Waals surface area (Å²) in [7, 11) is 1.71. The fourth-order valence-corrected chi connectivity index (χ4v) is 1.80. The molecule has 0 radical (unpaired) electrons. The zero-order valence-corrected chi connectivity index (χ0v) is 10.8. The zero-order valence-electron chi connectivity index (χ0n) is 10.8.